The van der Waals surface area contributed by atoms with Crippen LogP contribution in [0, 0.1) is 0 Å². The zero-order valence-electron chi connectivity index (χ0n) is 15.6. The summed E-state index contributed by atoms with van der Waals surface area (Å²) in [5.74, 6) is -0.153. The molecule has 0 radical (unpaired) electrons. The van der Waals surface area contributed by atoms with Crippen LogP contribution in [0.4, 0.5) is 5.69 Å². The Hall–Kier alpha value is -2.01. The highest BCUT2D eigenvalue weighted by molar-refractivity contribution is 6.36. The van der Waals surface area contributed by atoms with E-state index in [-0.39, 0.29) is 11.9 Å². The first-order valence-corrected chi connectivity index (χ1v) is 10.7. The molecule has 4 nitrogen and oxygen atoms in total. The van der Waals surface area contributed by atoms with Gasteiger partial charge >= 0.3 is 0 Å². The van der Waals surface area contributed by atoms with Crippen molar-refractivity contribution in [3.63, 3.8) is 0 Å². The highest BCUT2D eigenvalue weighted by Gasteiger charge is 2.24. The second-order valence-corrected chi connectivity index (χ2v) is 8.59. The third-order valence-electron chi connectivity index (χ3n) is 5.30. The van der Waals surface area contributed by atoms with Crippen LogP contribution in [0.2, 0.25) is 15.1 Å². The monoisotopic (exact) mass is 447 g/mol. The number of rotatable bonds is 4. The molecule has 1 aromatic heterocycles. The molecule has 1 heterocycles. The molecule has 0 unspecified atom stereocenters. The Morgan fingerprint density at radius 3 is 2.34 bits per heavy atom. The van der Waals surface area contributed by atoms with Crippen molar-refractivity contribution < 1.29 is 4.79 Å². The molecular weight excluding hydrogens is 429 g/mol. The largest absolute Gasteiger partial charge is 0.382 e. The Morgan fingerprint density at radius 1 is 0.897 bits per heavy atom. The van der Waals surface area contributed by atoms with E-state index >= 15 is 0 Å². The van der Waals surface area contributed by atoms with Crippen molar-refractivity contribution in [3.05, 3.63) is 69.3 Å². The summed E-state index contributed by atoms with van der Waals surface area (Å²) < 4.78 is 0. The molecule has 0 atom stereocenters. The number of halogens is 3. The smallest absolute Gasteiger partial charge is 0.253 e. The van der Waals surface area contributed by atoms with E-state index < -0.39 is 0 Å². The van der Waals surface area contributed by atoms with E-state index in [4.69, 9.17) is 34.8 Å². The molecule has 29 heavy (non-hydrogen) atoms. The van der Waals surface area contributed by atoms with Crippen molar-refractivity contribution in [3.8, 4) is 0 Å². The molecule has 150 valence electrons. The standard InChI is InChI=1S/C22H20Cl3N3O/c23-13-1-7-17(19(25)11-13)22(29)28-16-5-3-15(4-6-16)27-20-9-10-26-21-12-14(24)2-8-18(20)21/h1-2,7-12,15-16H,3-6H2,(H,26,27)(H,28,29). The predicted octanol–water partition coefficient (Wildman–Crippen LogP) is 6.35. The van der Waals surface area contributed by atoms with E-state index in [2.05, 4.69) is 15.6 Å². The number of carbonyl (C=O) groups excluding carboxylic acids is 1. The highest BCUT2D eigenvalue weighted by Crippen LogP contribution is 2.28. The summed E-state index contributed by atoms with van der Waals surface area (Å²) >= 11 is 18.1. The molecule has 3 aromatic rings. The number of nitrogens with one attached hydrogen (secondary N) is 2. The molecule has 1 aliphatic carbocycles. The molecule has 7 heteroatoms. The van der Waals surface area contributed by atoms with Crippen molar-refractivity contribution in [1.29, 1.82) is 0 Å². The van der Waals surface area contributed by atoms with Crippen molar-refractivity contribution in [2.24, 2.45) is 0 Å². The van der Waals surface area contributed by atoms with E-state index in [1.165, 1.54) is 0 Å². The molecule has 0 bridgehead atoms. The van der Waals surface area contributed by atoms with Crippen LogP contribution in [0.1, 0.15) is 36.0 Å². The van der Waals surface area contributed by atoms with Gasteiger partial charge in [-0.2, -0.15) is 0 Å². The molecule has 0 saturated heterocycles. The first kappa shape index (κ1) is 20.3. The number of pyridine rings is 1. The minimum atomic E-state index is -0.153. The number of nitrogens with zero attached hydrogens (tertiary/aromatic N) is 1. The van der Waals surface area contributed by atoms with Gasteiger partial charge in [-0.05, 0) is 68.1 Å². The lowest BCUT2D eigenvalue weighted by Gasteiger charge is -2.30. The quantitative estimate of drug-likeness (QED) is 0.489. The second-order valence-electron chi connectivity index (χ2n) is 7.31. The van der Waals surface area contributed by atoms with E-state index in [0.29, 0.717) is 26.7 Å². The molecular formula is C22H20Cl3N3O. The first-order valence-electron chi connectivity index (χ1n) is 9.56. The van der Waals surface area contributed by atoms with Gasteiger partial charge in [0, 0.05) is 39.4 Å². The number of anilines is 1. The third-order valence-corrected chi connectivity index (χ3v) is 6.09. The highest BCUT2D eigenvalue weighted by atomic mass is 35.5. The van der Waals surface area contributed by atoms with Gasteiger partial charge in [-0.15, -0.1) is 0 Å². The third kappa shape index (κ3) is 4.77. The van der Waals surface area contributed by atoms with Gasteiger partial charge in [0.05, 0.1) is 16.1 Å². The van der Waals surface area contributed by atoms with Crippen molar-refractivity contribution in [2.45, 2.75) is 37.8 Å². The molecule has 0 spiro atoms. The summed E-state index contributed by atoms with van der Waals surface area (Å²) in [6.07, 6.45) is 5.54. The minimum absolute atomic E-state index is 0.139. The van der Waals surface area contributed by atoms with Crippen LogP contribution in [0.5, 0.6) is 0 Å². The van der Waals surface area contributed by atoms with Gasteiger partial charge in [-0.1, -0.05) is 34.8 Å². The Labute approximate surface area is 184 Å². The maximum absolute atomic E-state index is 12.5. The summed E-state index contributed by atoms with van der Waals surface area (Å²) in [5.41, 5.74) is 2.40. The Morgan fingerprint density at radius 2 is 1.59 bits per heavy atom. The number of hydrogen-bond acceptors (Lipinski definition) is 3. The van der Waals surface area contributed by atoms with E-state index in [1.54, 1.807) is 24.4 Å². The van der Waals surface area contributed by atoms with Crippen LogP contribution in [-0.4, -0.2) is 23.0 Å². The maximum Gasteiger partial charge on any atom is 0.253 e. The number of carbonyl (C=O) groups is 1. The normalized spacial score (nSPS) is 19.1. The lowest BCUT2D eigenvalue weighted by atomic mass is 9.90. The van der Waals surface area contributed by atoms with E-state index in [9.17, 15) is 4.79 Å². The molecule has 2 N–H and O–H groups in total. The number of benzene rings is 2. The summed E-state index contributed by atoms with van der Waals surface area (Å²) in [6, 6.07) is 13.2. The lowest BCUT2D eigenvalue weighted by Crippen LogP contribution is -2.40. The van der Waals surface area contributed by atoms with Crippen LogP contribution in [0.15, 0.2) is 48.7 Å². The summed E-state index contributed by atoms with van der Waals surface area (Å²) in [6.45, 7) is 0. The van der Waals surface area contributed by atoms with Crippen molar-refractivity contribution in [2.75, 3.05) is 5.32 Å². The lowest BCUT2D eigenvalue weighted by molar-refractivity contribution is 0.0927. The SMILES string of the molecule is O=C(NC1CCC(Nc2ccnc3cc(Cl)ccc23)CC1)c1ccc(Cl)cc1Cl. The predicted molar refractivity (Wildman–Crippen MR) is 120 cm³/mol. The molecule has 1 aliphatic rings. The number of aromatic nitrogens is 1. The van der Waals surface area contributed by atoms with Crippen molar-refractivity contribution in [1.82, 2.24) is 10.3 Å². The van der Waals surface area contributed by atoms with Crippen LogP contribution in [-0.2, 0) is 0 Å². The molecule has 2 aromatic carbocycles. The number of hydrogen-bond donors (Lipinski definition) is 2. The van der Waals surface area contributed by atoms with Crippen LogP contribution in [0.3, 0.4) is 0 Å². The minimum Gasteiger partial charge on any atom is -0.382 e. The summed E-state index contributed by atoms with van der Waals surface area (Å²) in [7, 11) is 0. The summed E-state index contributed by atoms with van der Waals surface area (Å²) in [5, 5.41) is 9.36. The Balaban J connectivity index is 1.36. The van der Waals surface area contributed by atoms with E-state index in [1.807, 2.05) is 24.3 Å². The van der Waals surface area contributed by atoms with E-state index in [0.717, 1.165) is 42.3 Å². The first-order chi connectivity index (χ1) is 14.0. The van der Waals surface area contributed by atoms with Gasteiger partial charge in [0.15, 0.2) is 0 Å². The van der Waals surface area contributed by atoms with Crippen LogP contribution >= 0.6 is 34.8 Å². The van der Waals surface area contributed by atoms with Gasteiger partial charge < -0.3 is 10.6 Å². The Kier molecular flexibility index (Phi) is 6.14. The fraction of sp³-hybridized carbons (Fsp3) is 0.273. The molecule has 1 saturated carbocycles. The van der Waals surface area contributed by atoms with Gasteiger partial charge in [-0.25, -0.2) is 0 Å². The molecule has 0 aliphatic heterocycles. The topological polar surface area (TPSA) is 54.0 Å². The number of fused-ring (bicyclic) bond motifs is 1. The summed E-state index contributed by atoms with van der Waals surface area (Å²) in [4.78, 5) is 16.9. The fourth-order valence-electron chi connectivity index (χ4n) is 3.79. The second kappa shape index (κ2) is 8.78. The molecule has 4 rings (SSSR count). The van der Waals surface area contributed by atoms with Crippen LogP contribution in [0.25, 0.3) is 10.9 Å². The Bertz CT molecular complexity index is 1050. The zero-order valence-corrected chi connectivity index (χ0v) is 17.9. The van der Waals surface area contributed by atoms with Gasteiger partial charge in [0.2, 0.25) is 0 Å². The van der Waals surface area contributed by atoms with Crippen molar-refractivity contribution >= 4 is 57.3 Å². The maximum atomic E-state index is 12.5. The zero-order chi connectivity index (χ0) is 20.4. The average molecular weight is 449 g/mol. The average Bonchev–Trinajstić information content (AvgIpc) is 2.69. The molecule has 1 amide bonds. The van der Waals surface area contributed by atoms with Crippen LogP contribution < -0.4 is 10.6 Å². The van der Waals surface area contributed by atoms with Gasteiger partial charge in [-0.3, -0.25) is 9.78 Å². The fourth-order valence-corrected chi connectivity index (χ4v) is 4.45. The van der Waals surface area contributed by atoms with Gasteiger partial charge in [0.25, 0.3) is 5.91 Å². The molecule has 1 fully saturated rings. The number of amides is 1. The van der Waals surface area contributed by atoms with Gasteiger partial charge in [0.1, 0.15) is 0 Å².